The maximum absolute atomic E-state index is 11.4. The number of hydrogen-bond acceptors (Lipinski definition) is 4. The summed E-state index contributed by atoms with van der Waals surface area (Å²) in [5.74, 6) is 0.0904. The van der Waals surface area contributed by atoms with Crippen LogP contribution in [0.25, 0.3) is 11.0 Å². The quantitative estimate of drug-likeness (QED) is 0.586. The van der Waals surface area contributed by atoms with Gasteiger partial charge in [0.05, 0.1) is 10.9 Å². The fourth-order valence-corrected chi connectivity index (χ4v) is 1.30. The number of nitrogen functional groups attached to an aromatic ring is 1. The molecule has 14 heavy (non-hydrogen) atoms. The van der Waals surface area contributed by atoms with E-state index in [9.17, 15) is 4.79 Å². The molecule has 72 valence electrons. The molecule has 0 aliphatic heterocycles. The number of fused-ring (bicyclic) bond motifs is 1. The first kappa shape index (κ1) is 8.49. The summed E-state index contributed by atoms with van der Waals surface area (Å²) in [6, 6.07) is 0. The van der Waals surface area contributed by atoms with Crippen molar-refractivity contribution in [2.24, 2.45) is 0 Å². The van der Waals surface area contributed by atoms with Gasteiger partial charge in [-0.3, -0.25) is 4.79 Å². The molecule has 0 aromatic carbocycles. The van der Waals surface area contributed by atoms with E-state index in [2.05, 4.69) is 20.3 Å². The van der Waals surface area contributed by atoms with Crippen molar-refractivity contribution in [1.82, 2.24) is 20.3 Å². The molecule has 2 aromatic heterocycles. The highest BCUT2D eigenvalue weighted by atomic mass is 16.1. The molecule has 2 heterocycles. The number of rotatable bonds is 1. The van der Waals surface area contributed by atoms with E-state index in [4.69, 9.17) is 5.73 Å². The summed E-state index contributed by atoms with van der Waals surface area (Å²) in [7, 11) is 1.56. The van der Waals surface area contributed by atoms with Crippen LogP contribution in [-0.2, 0) is 0 Å². The van der Waals surface area contributed by atoms with Crippen LogP contribution in [0.5, 0.6) is 0 Å². The zero-order chi connectivity index (χ0) is 10.1. The Balaban J connectivity index is 2.73. The fourth-order valence-electron chi connectivity index (χ4n) is 1.30. The number of carbonyl (C=O) groups excluding carboxylic acids is 1. The van der Waals surface area contributed by atoms with Crippen molar-refractivity contribution in [1.29, 1.82) is 0 Å². The van der Waals surface area contributed by atoms with Crippen LogP contribution in [0.1, 0.15) is 10.4 Å². The Kier molecular flexibility index (Phi) is 1.81. The molecular weight excluding hydrogens is 182 g/mol. The molecule has 0 atom stereocenters. The van der Waals surface area contributed by atoms with Crippen LogP contribution in [0.2, 0.25) is 0 Å². The Labute approximate surface area is 79.5 Å². The van der Waals surface area contributed by atoms with Gasteiger partial charge in [0.2, 0.25) is 0 Å². The van der Waals surface area contributed by atoms with Crippen molar-refractivity contribution in [3.05, 3.63) is 18.1 Å². The Bertz CT molecular complexity index is 489. The number of nitrogens with zero attached hydrogens (tertiary/aromatic N) is 2. The van der Waals surface area contributed by atoms with E-state index in [-0.39, 0.29) is 5.91 Å². The highest BCUT2D eigenvalue weighted by Gasteiger charge is 2.13. The zero-order valence-electron chi connectivity index (χ0n) is 7.53. The van der Waals surface area contributed by atoms with Gasteiger partial charge in [-0.15, -0.1) is 0 Å². The third-order valence-electron chi connectivity index (χ3n) is 1.97. The second-order valence-electron chi connectivity index (χ2n) is 2.76. The van der Waals surface area contributed by atoms with E-state index in [1.54, 1.807) is 13.2 Å². The third-order valence-corrected chi connectivity index (χ3v) is 1.97. The molecule has 1 amide bonds. The number of aromatic nitrogens is 3. The monoisotopic (exact) mass is 191 g/mol. The van der Waals surface area contributed by atoms with Crippen LogP contribution in [0, 0.1) is 0 Å². The lowest BCUT2D eigenvalue weighted by Crippen LogP contribution is -2.17. The van der Waals surface area contributed by atoms with Gasteiger partial charge in [0.1, 0.15) is 17.8 Å². The van der Waals surface area contributed by atoms with Gasteiger partial charge >= 0.3 is 0 Å². The van der Waals surface area contributed by atoms with Gasteiger partial charge in [0, 0.05) is 13.2 Å². The predicted octanol–water partition coefficient (Wildman–Crippen LogP) is -0.100. The van der Waals surface area contributed by atoms with Crippen LogP contribution in [-0.4, -0.2) is 27.9 Å². The van der Waals surface area contributed by atoms with Crippen LogP contribution in [0.3, 0.4) is 0 Å². The van der Waals surface area contributed by atoms with Crippen molar-refractivity contribution in [3.8, 4) is 0 Å². The van der Waals surface area contributed by atoms with Crippen molar-refractivity contribution in [3.63, 3.8) is 0 Å². The molecule has 0 spiro atoms. The molecule has 0 fully saturated rings. The summed E-state index contributed by atoms with van der Waals surface area (Å²) in [5.41, 5.74) is 6.67. The molecule has 6 heteroatoms. The van der Waals surface area contributed by atoms with Crippen molar-refractivity contribution >= 4 is 22.8 Å². The maximum atomic E-state index is 11.4. The number of amides is 1. The van der Waals surface area contributed by atoms with Gasteiger partial charge in [-0.05, 0) is 0 Å². The Morgan fingerprint density at radius 2 is 2.36 bits per heavy atom. The molecule has 0 bridgehead atoms. The smallest absolute Gasteiger partial charge is 0.253 e. The molecule has 0 saturated carbocycles. The number of nitrogens with one attached hydrogen (secondary N) is 2. The third kappa shape index (κ3) is 1.08. The van der Waals surface area contributed by atoms with Gasteiger partial charge in [0.25, 0.3) is 5.91 Å². The molecule has 0 saturated heterocycles. The van der Waals surface area contributed by atoms with Gasteiger partial charge in [0.15, 0.2) is 0 Å². The summed E-state index contributed by atoms with van der Waals surface area (Å²) < 4.78 is 0. The molecule has 0 aliphatic rings. The topological polar surface area (TPSA) is 96.7 Å². The number of aromatic amines is 1. The lowest BCUT2D eigenvalue weighted by atomic mass is 10.2. The summed E-state index contributed by atoms with van der Waals surface area (Å²) in [6.07, 6.45) is 2.91. The van der Waals surface area contributed by atoms with Crippen molar-refractivity contribution in [2.45, 2.75) is 0 Å². The highest BCUT2D eigenvalue weighted by Crippen LogP contribution is 2.20. The normalized spacial score (nSPS) is 10.4. The average molecular weight is 191 g/mol. The van der Waals surface area contributed by atoms with Crippen molar-refractivity contribution < 1.29 is 4.79 Å². The molecule has 2 rings (SSSR count). The molecule has 6 nitrogen and oxygen atoms in total. The number of H-pyrrole nitrogens is 1. The number of hydrogen-bond donors (Lipinski definition) is 3. The second kappa shape index (κ2) is 2.99. The minimum atomic E-state index is -0.210. The zero-order valence-corrected chi connectivity index (χ0v) is 7.53. The first-order chi connectivity index (χ1) is 6.74. The number of carbonyl (C=O) groups is 1. The van der Waals surface area contributed by atoms with Crippen LogP contribution < -0.4 is 11.1 Å². The van der Waals surface area contributed by atoms with Crippen LogP contribution >= 0.6 is 0 Å². The van der Waals surface area contributed by atoms with E-state index in [0.717, 1.165) is 0 Å². The molecule has 0 unspecified atom stereocenters. The lowest BCUT2D eigenvalue weighted by molar-refractivity contribution is 0.0965. The van der Waals surface area contributed by atoms with Gasteiger partial charge < -0.3 is 16.0 Å². The van der Waals surface area contributed by atoms with E-state index >= 15 is 0 Å². The minimum Gasteiger partial charge on any atom is -0.383 e. The Morgan fingerprint density at radius 1 is 1.57 bits per heavy atom. The summed E-state index contributed by atoms with van der Waals surface area (Å²) >= 11 is 0. The molecular formula is C8H9N5O. The highest BCUT2D eigenvalue weighted by molar-refractivity contribution is 6.09. The Morgan fingerprint density at radius 3 is 3.07 bits per heavy atom. The largest absolute Gasteiger partial charge is 0.383 e. The SMILES string of the molecule is CNC(=O)c1c[nH]c2ncnc(N)c12. The molecule has 4 N–H and O–H groups in total. The summed E-state index contributed by atoms with van der Waals surface area (Å²) in [5, 5.41) is 3.08. The first-order valence-corrected chi connectivity index (χ1v) is 4.03. The standard InChI is InChI=1S/C8H9N5O/c1-10-8(14)4-2-11-7-5(4)6(9)12-3-13-7/h2-3H,1H3,(H,10,14)(H3,9,11,12,13). The molecule has 0 radical (unpaired) electrons. The predicted molar refractivity (Wildman–Crippen MR) is 51.7 cm³/mol. The maximum Gasteiger partial charge on any atom is 0.253 e. The summed E-state index contributed by atoms with van der Waals surface area (Å²) in [4.78, 5) is 22.0. The minimum absolute atomic E-state index is 0.210. The fraction of sp³-hybridized carbons (Fsp3) is 0.125. The average Bonchev–Trinajstić information content (AvgIpc) is 2.62. The number of anilines is 1. The van der Waals surface area contributed by atoms with E-state index in [1.165, 1.54) is 6.33 Å². The van der Waals surface area contributed by atoms with Gasteiger partial charge in [-0.1, -0.05) is 0 Å². The molecule has 0 aliphatic carbocycles. The first-order valence-electron chi connectivity index (χ1n) is 4.03. The Hall–Kier alpha value is -2.11. The summed E-state index contributed by atoms with van der Waals surface area (Å²) in [6.45, 7) is 0. The van der Waals surface area contributed by atoms with Crippen LogP contribution in [0.4, 0.5) is 5.82 Å². The molecule has 2 aromatic rings. The van der Waals surface area contributed by atoms with Crippen molar-refractivity contribution in [2.75, 3.05) is 12.8 Å². The van der Waals surface area contributed by atoms with Gasteiger partial charge in [-0.25, -0.2) is 9.97 Å². The van der Waals surface area contributed by atoms with Gasteiger partial charge in [-0.2, -0.15) is 0 Å². The van der Waals surface area contributed by atoms with E-state index in [1.807, 2.05) is 0 Å². The number of nitrogens with two attached hydrogens (primary N) is 1. The second-order valence-corrected chi connectivity index (χ2v) is 2.76. The van der Waals surface area contributed by atoms with E-state index < -0.39 is 0 Å². The lowest BCUT2D eigenvalue weighted by Gasteiger charge is -1.98. The van der Waals surface area contributed by atoms with E-state index in [0.29, 0.717) is 22.4 Å². The van der Waals surface area contributed by atoms with Crippen LogP contribution in [0.15, 0.2) is 12.5 Å².